The first-order valence-corrected chi connectivity index (χ1v) is 8.59. The molecule has 2 aliphatic rings. The van der Waals surface area contributed by atoms with E-state index in [2.05, 4.69) is 51.8 Å². The van der Waals surface area contributed by atoms with Gasteiger partial charge in [0.2, 0.25) is 6.79 Å². The fourth-order valence-electron chi connectivity index (χ4n) is 3.06. The Labute approximate surface area is 140 Å². The van der Waals surface area contributed by atoms with E-state index in [1.165, 1.54) is 24.0 Å². The normalized spacial score (nSPS) is 18.6. The Hall–Kier alpha value is -1.04. The number of halogens is 1. The minimum atomic E-state index is 0.312. The maximum absolute atomic E-state index is 5.47. The van der Waals surface area contributed by atoms with E-state index in [1.807, 2.05) is 0 Å². The zero-order valence-corrected chi connectivity index (χ0v) is 14.6. The van der Waals surface area contributed by atoms with Crippen LogP contribution in [0.2, 0.25) is 0 Å². The van der Waals surface area contributed by atoms with Gasteiger partial charge in [0.25, 0.3) is 0 Å². The van der Waals surface area contributed by atoms with Crippen molar-refractivity contribution in [1.82, 2.24) is 10.2 Å². The van der Waals surface area contributed by atoms with Crippen molar-refractivity contribution < 1.29 is 9.47 Å². The highest BCUT2D eigenvalue weighted by Crippen LogP contribution is 2.39. The molecule has 1 aromatic rings. The molecule has 0 amide bonds. The lowest BCUT2D eigenvalue weighted by Crippen LogP contribution is -2.42. The van der Waals surface area contributed by atoms with Gasteiger partial charge in [-0.2, -0.15) is 0 Å². The molecule has 0 spiro atoms. The lowest BCUT2D eigenvalue weighted by molar-refractivity contribution is 0.173. The minimum absolute atomic E-state index is 0.312. The van der Waals surface area contributed by atoms with Gasteiger partial charge in [-0.05, 0) is 66.5 Å². The molecule has 0 aromatic heterocycles. The average molecular weight is 367 g/mol. The van der Waals surface area contributed by atoms with Crippen molar-refractivity contribution in [2.45, 2.75) is 32.4 Å². The molecule has 0 saturated carbocycles. The van der Waals surface area contributed by atoms with E-state index in [0.717, 1.165) is 42.2 Å². The number of fused-ring (bicyclic) bond motifs is 1. The molecule has 1 fully saturated rings. The maximum atomic E-state index is 5.47. The lowest BCUT2D eigenvalue weighted by Gasteiger charge is -2.32. The van der Waals surface area contributed by atoms with Crippen LogP contribution in [0.4, 0.5) is 0 Å². The second kappa shape index (κ2) is 7.02. The van der Waals surface area contributed by atoms with Crippen LogP contribution in [0, 0.1) is 0 Å². The number of hydrogen-bond donors (Lipinski definition) is 1. The smallest absolute Gasteiger partial charge is 0.231 e. The second-order valence-corrected chi connectivity index (χ2v) is 7.05. The molecule has 5 heteroatoms. The molecular formula is C17H23BrN2O2. The molecule has 2 heterocycles. The summed E-state index contributed by atoms with van der Waals surface area (Å²) in [5.74, 6) is 1.65. The summed E-state index contributed by atoms with van der Waals surface area (Å²) in [4.78, 5) is 2.48. The van der Waals surface area contributed by atoms with Crippen molar-refractivity contribution in [2.75, 3.05) is 26.4 Å². The highest BCUT2D eigenvalue weighted by atomic mass is 79.9. The molecular weight excluding hydrogens is 344 g/mol. The number of hydrogen-bond acceptors (Lipinski definition) is 4. The van der Waals surface area contributed by atoms with Crippen molar-refractivity contribution in [3.63, 3.8) is 0 Å². The molecule has 0 aliphatic carbocycles. The van der Waals surface area contributed by atoms with Crippen molar-refractivity contribution in [3.05, 3.63) is 34.3 Å². The molecule has 0 unspecified atom stereocenters. The molecule has 0 atom stereocenters. The zero-order chi connectivity index (χ0) is 15.5. The maximum Gasteiger partial charge on any atom is 0.231 e. The summed E-state index contributed by atoms with van der Waals surface area (Å²) in [5.41, 5.74) is 2.47. The molecule has 1 N–H and O–H groups in total. The fourth-order valence-corrected chi connectivity index (χ4v) is 3.67. The predicted molar refractivity (Wildman–Crippen MR) is 91.4 cm³/mol. The predicted octanol–water partition coefficient (Wildman–Crippen LogP) is 3.31. The molecule has 4 nitrogen and oxygen atoms in total. The number of nitrogens with zero attached hydrogens (tertiary/aromatic N) is 1. The quantitative estimate of drug-likeness (QED) is 0.810. The van der Waals surface area contributed by atoms with Gasteiger partial charge < -0.3 is 14.8 Å². The van der Waals surface area contributed by atoms with Crippen LogP contribution in [-0.4, -0.2) is 37.4 Å². The monoisotopic (exact) mass is 366 g/mol. The van der Waals surface area contributed by atoms with E-state index in [9.17, 15) is 0 Å². The zero-order valence-electron chi connectivity index (χ0n) is 13.0. The van der Waals surface area contributed by atoms with E-state index in [1.54, 1.807) is 0 Å². The first-order valence-electron chi connectivity index (χ1n) is 7.80. The number of benzene rings is 1. The highest BCUT2D eigenvalue weighted by molar-refractivity contribution is 9.10. The molecule has 22 heavy (non-hydrogen) atoms. The van der Waals surface area contributed by atoms with Gasteiger partial charge in [0.1, 0.15) is 0 Å². The van der Waals surface area contributed by atoms with Gasteiger partial charge in [-0.25, -0.2) is 0 Å². The molecule has 2 aliphatic heterocycles. The fraction of sp³-hybridized carbons (Fsp3) is 0.529. The van der Waals surface area contributed by atoms with Gasteiger partial charge in [-0.1, -0.05) is 12.2 Å². The van der Waals surface area contributed by atoms with Crippen LogP contribution in [0.25, 0.3) is 0 Å². The summed E-state index contributed by atoms with van der Waals surface area (Å²) in [6, 6.07) is 4.76. The Bertz CT molecular complexity index is 554. The third-order valence-corrected chi connectivity index (χ3v) is 4.75. The number of ether oxygens (including phenoxy) is 2. The summed E-state index contributed by atoms with van der Waals surface area (Å²) < 4.78 is 11.9. The van der Waals surface area contributed by atoms with Gasteiger partial charge in [0, 0.05) is 19.1 Å². The number of rotatable bonds is 5. The first kappa shape index (κ1) is 15.8. The Balaban J connectivity index is 1.50. The van der Waals surface area contributed by atoms with E-state index in [4.69, 9.17) is 9.47 Å². The Morgan fingerprint density at radius 3 is 2.86 bits per heavy atom. The number of piperidine rings is 1. The molecule has 1 aromatic carbocycles. The summed E-state index contributed by atoms with van der Waals surface area (Å²) in [6.07, 6.45) is 2.39. The lowest BCUT2D eigenvalue weighted by atomic mass is 10.0. The van der Waals surface area contributed by atoms with Crippen LogP contribution < -0.4 is 14.8 Å². The van der Waals surface area contributed by atoms with Crippen LogP contribution in [-0.2, 0) is 6.54 Å². The summed E-state index contributed by atoms with van der Waals surface area (Å²) in [6.45, 7) is 10.6. The molecule has 3 rings (SSSR count). The standard InChI is InChI=1S/C17H23BrN2O2/c1-12(2)10-20-5-3-14(4-6-20)19-9-13-7-15(18)17-16(8-13)21-11-22-17/h7-8,14,19H,1,3-6,9-11H2,2H3. The largest absolute Gasteiger partial charge is 0.454 e. The van der Waals surface area contributed by atoms with Crippen LogP contribution >= 0.6 is 15.9 Å². The van der Waals surface area contributed by atoms with Gasteiger partial charge >= 0.3 is 0 Å². The van der Waals surface area contributed by atoms with Crippen LogP contribution in [0.5, 0.6) is 11.5 Å². The topological polar surface area (TPSA) is 33.7 Å². The summed E-state index contributed by atoms with van der Waals surface area (Å²) in [7, 11) is 0. The van der Waals surface area contributed by atoms with Gasteiger partial charge in [0.15, 0.2) is 11.5 Å². The second-order valence-electron chi connectivity index (χ2n) is 6.20. The van der Waals surface area contributed by atoms with Gasteiger partial charge in [0.05, 0.1) is 4.47 Å². The van der Waals surface area contributed by atoms with E-state index in [0.29, 0.717) is 12.8 Å². The Morgan fingerprint density at radius 1 is 1.36 bits per heavy atom. The first-order chi connectivity index (χ1) is 10.6. The Kier molecular flexibility index (Phi) is 5.06. The van der Waals surface area contributed by atoms with E-state index >= 15 is 0 Å². The minimum Gasteiger partial charge on any atom is -0.454 e. The van der Waals surface area contributed by atoms with Crippen molar-refractivity contribution in [1.29, 1.82) is 0 Å². The summed E-state index contributed by atoms with van der Waals surface area (Å²) in [5, 5.41) is 3.66. The third kappa shape index (κ3) is 3.83. The molecule has 0 radical (unpaired) electrons. The highest BCUT2D eigenvalue weighted by Gasteiger charge is 2.20. The molecule has 1 saturated heterocycles. The van der Waals surface area contributed by atoms with Crippen LogP contribution in [0.3, 0.4) is 0 Å². The number of likely N-dealkylation sites (tertiary alicyclic amines) is 1. The van der Waals surface area contributed by atoms with Gasteiger partial charge in [-0.15, -0.1) is 0 Å². The number of nitrogens with one attached hydrogen (secondary N) is 1. The molecule has 0 bridgehead atoms. The van der Waals surface area contributed by atoms with Crippen molar-refractivity contribution >= 4 is 15.9 Å². The van der Waals surface area contributed by atoms with Crippen molar-refractivity contribution in [3.8, 4) is 11.5 Å². The third-order valence-electron chi connectivity index (χ3n) is 4.16. The van der Waals surface area contributed by atoms with Gasteiger partial charge in [-0.3, -0.25) is 4.90 Å². The summed E-state index contributed by atoms with van der Waals surface area (Å²) >= 11 is 3.55. The average Bonchev–Trinajstić information content (AvgIpc) is 2.95. The van der Waals surface area contributed by atoms with Crippen LogP contribution in [0.15, 0.2) is 28.8 Å². The van der Waals surface area contributed by atoms with Crippen LogP contribution in [0.1, 0.15) is 25.3 Å². The Morgan fingerprint density at radius 2 is 2.14 bits per heavy atom. The van der Waals surface area contributed by atoms with E-state index < -0.39 is 0 Å². The molecule has 120 valence electrons. The van der Waals surface area contributed by atoms with Crippen molar-refractivity contribution in [2.24, 2.45) is 0 Å². The SMILES string of the molecule is C=C(C)CN1CCC(NCc2cc(Br)c3c(c2)OCO3)CC1. The van der Waals surface area contributed by atoms with E-state index in [-0.39, 0.29) is 0 Å².